The van der Waals surface area contributed by atoms with Crippen molar-refractivity contribution in [1.29, 1.82) is 0 Å². The molecule has 0 saturated heterocycles. The maximum Gasteiger partial charge on any atom is 0.254 e. The maximum absolute atomic E-state index is 6.19. The Kier molecular flexibility index (Phi) is 1.77. The van der Waals surface area contributed by atoms with E-state index in [-0.39, 0.29) is 0 Å². The summed E-state index contributed by atoms with van der Waals surface area (Å²) in [6.07, 6.45) is 2.37. The van der Waals surface area contributed by atoms with Gasteiger partial charge in [0, 0.05) is 17.2 Å². The Morgan fingerprint density at radius 1 is 1.27 bits per heavy atom. The van der Waals surface area contributed by atoms with E-state index in [1.54, 1.807) is 4.52 Å². The van der Waals surface area contributed by atoms with E-state index in [4.69, 9.17) is 11.6 Å². The molecule has 0 atom stereocenters. The van der Waals surface area contributed by atoms with Crippen LogP contribution >= 0.6 is 11.6 Å². The zero-order valence-electron chi connectivity index (χ0n) is 8.66. The molecule has 0 radical (unpaired) electrons. The summed E-state index contributed by atoms with van der Waals surface area (Å²) in [7, 11) is 0. The largest absolute Gasteiger partial charge is 0.254 e. The van der Waals surface area contributed by atoms with Gasteiger partial charge in [0.15, 0.2) is 5.82 Å². The van der Waals surface area contributed by atoms with E-state index in [1.165, 1.54) is 12.8 Å². The SMILES string of the molecule is Cc1nc2nc(C3CC3)nn2c(Cl)c1C. The first-order valence-electron chi connectivity index (χ1n) is 5.06. The predicted octanol–water partition coefficient (Wildman–Crippen LogP) is 2.27. The summed E-state index contributed by atoms with van der Waals surface area (Å²) in [6, 6.07) is 0. The van der Waals surface area contributed by atoms with Crippen molar-refractivity contribution < 1.29 is 0 Å². The average molecular weight is 223 g/mol. The molecule has 2 aromatic rings. The van der Waals surface area contributed by atoms with Gasteiger partial charge in [-0.3, -0.25) is 0 Å². The van der Waals surface area contributed by atoms with E-state index in [1.807, 2.05) is 13.8 Å². The molecule has 0 aliphatic heterocycles. The van der Waals surface area contributed by atoms with E-state index in [0.29, 0.717) is 16.8 Å². The summed E-state index contributed by atoms with van der Waals surface area (Å²) in [5.41, 5.74) is 1.89. The number of hydrogen-bond acceptors (Lipinski definition) is 3. The van der Waals surface area contributed by atoms with E-state index in [0.717, 1.165) is 17.1 Å². The molecule has 1 aliphatic rings. The number of hydrogen-bond donors (Lipinski definition) is 0. The third kappa shape index (κ3) is 1.32. The summed E-state index contributed by atoms with van der Waals surface area (Å²) < 4.78 is 1.64. The van der Waals surface area contributed by atoms with Crippen molar-refractivity contribution in [3.63, 3.8) is 0 Å². The fourth-order valence-corrected chi connectivity index (χ4v) is 1.83. The predicted molar refractivity (Wildman–Crippen MR) is 57.2 cm³/mol. The van der Waals surface area contributed by atoms with Crippen LogP contribution in [0.4, 0.5) is 0 Å². The number of halogens is 1. The molecule has 1 fully saturated rings. The van der Waals surface area contributed by atoms with Gasteiger partial charge in [-0.05, 0) is 26.7 Å². The van der Waals surface area contributed by atoms with Crippen LogP contribution in [0.3, 0.4) is 0 Å². The molecule has 0 aromatic carbocycles. The van der Waals surface area contributed by atoms with Crippen molar-refractivity contribution in [3.8, 4) is 0 Å². The van der Waals surface area contributed by atoms with Gasteiger partial charge >= 0.3 is 0 Å². The van der Waals surface area contributed by atoms with Crippen molar-refractivity contribution in [2.24, 2.45) is 0 Å². The molecule has 0 unspecified atom stereocenters. The van der Waals surface area contributed by atoms with Crippen molar-refractivity contribution in [3.05, 3.63) is 22.2 Å². The summed E-state index contributed by atoms with van der Waals surface area (Å²) in [4.78, 5) is 8.77. The molecule has 3 rings (SSSR count). The van der Waals surface area contributed by atoms with Crippen LogP contribution in [-0.2, 0) is 0 Å². The second-order valence-corrected chi connectivity index (χ2v) is 4.43. The van der Waals surface area contributed by atoms with Gasteiger partial charge in [-0.2, -0.15) is 9.50 Å². The highest BCUT2D eigenvalue weighted by Gasteiger charge is 2.28. The fourth-order valence-electron chi connectivity index (χ4n) is 1.58. The molecular weight excluding hydrogens is 212 g/mol. The summed E-state index contributed by atoms with van der Waals surface area (Å²) >= 11 is 6.19. The zero-order chi connectivity index (χ0) is 10.6. The second kappa shape index (κ2) is 2.92. The van der Waals surface area contributed by atoms with Gasteiger partial charge in [-0.25, -0.2) is 4.98 Å². The number of rotatable bonds is 1. The van der Waals surface area contributed by atoms with Crippen LogP contribution in [0.5, 0.6) is 0 Å². The molecule has 0 amide bonds. The second-order valence-electron chi connectivity index (χ2n) is 4.07. The lowest BCUT2D eigenvalue weighted by Crippen LogP contribution is -1.99. The molecule has 0 bridgehead atoms. The lowest BCUT2D eigenvalue weighted by molar-refractivity contribution is 0.864. The number of aromatic nitrogens is 4. The minimum atomic E-state index is 0.531. The lowest BCUT2D eigenvalue weighted by Gasteiger charge is -2.02. The van der Waals surface area contributed by atoms with Gasteiger partial charge in [0.1, 0.15) is 5.15 Å². The molecule has 1 saturated carbocycles. The highest BCUT2D eigenvalue weighted by Crippen LogP contribution is 2.38. The minimum absolute atomic E-state index is 0.531. The van der Waals surface area contributed by atoms with Crippen LogP contribution in [0.1, 0.15) is 35.8 Å². The molecule has 2 aromatic heterocycles. The Morgan fingerprint density at radius 2 is 2.00 bits per heavy atom. The Hall–Kier alpha value is -1.16. The number of nitrogens with zero attached hydrogens (tertiary/aromatic N) is 4. The highest BCUT2D eigenvalue weighted by molar-refractivity contribution is 6.30. The summed E-state index contributed by atoms with van der Waals surface area (Å²) in [5.74, 6) is 2.03. The molecular formula is C10H11ClN4. The molecule has 1 aliphatic carbocycles. The fraction of sp³-hybridized carbons (Fsp3) is 0.500. The third-order valence-corrected chi connectivity index (χ3v) is 3.30. The summed E-state index contributed by atoms with van der Waals surface area (Å²) in [5, 5.41) is 5.01. The van der Waals surface area contributed by atoms with E-state index in [2.05, 4.69) is 15.1 Å². The molecule has 0 N–H and O–H groups in total. The average Bonchev–Trinajstić information content (AvgIpc) is 2.97. The molecule has 78 valence electrons. The maximum atomic E-state index is 6.19. The van der Waals surface area contributed by atoms with Crippen LogP contribution in [0.15, 0.2) is 0 Å². The van der Waals surface area contributed by atoms with Gasteiger partial charge < -0.3 is 0 Å². The molecule has 5 heteroatoms. The molecule has 0 spiro atoms. The Labute approximate surface area is 92.3 Å². The van der Waals surface area contributed by atoms with Gasteiger partial charge in [-0.1, -0.05) is 11.6 Å². The number of aryl methyl sites for hydroxylation is 1. The van der Waals surface area contributed by atoms with Crippen LogP contribution in [0.25, 0.3) is 5.78 Å². The van der Waals surface area contributed by atoms with Crippen LogP contribution in [-0.4, -0.2) is 19.6 Å². The van der Waals surface area contributed by atoms with E-state index >= 15 is 0 Å². The zero-order valence-corrected chi connectivity index (χ0v) is 9.41. The van der Waals surface area contributed by atoms with E-state index < -0.39 is 0 Å². The lowest BCUT2D eigenvalue weighted by atomic mass is 10.3. The van der Waals surface area contributed by atoms with Gasteiger partial charge in [0.05, 0.1) is 0 Å². The van der Waals surface area contributed by atoms with Gasteiger partial charge in [0.25, 0.3) is 5.78 Å². The molecule has 2 heterocycles. The quantitative estimate of drug-likeness (QED) is 0.696. The van der Waals surface area contributed by atoms with Crippen LogP contribution in [0.2, 0.25) is 5.15 Å². The van der Waals surface area contributed by atoms with E-state index in [9.17, 15) is 0 Å². The number of fused-ring (bicyclic) bond motifs is 1. The standard InChI is InChI=1S/C10H11ClN4/c1-5-6(2)12-10-13-9(7-3-4-7)14-15(10)8(5)11/h7H,3-4H2,1-2H3. The van der Waals surface area contributed by atoms with Crippen molar-refractivity contribution in [1.82, 2.24) is 19.6 Å². The third-order valence-electron chi connectivity index (χ3n) is 2.85. The first kappa shape index (κ1) is 9.09. The topological polar surface area (TPSA) is 43.1 Å². The molecule has 15 heavy (non-hydrogen) atoms. The monoisotopic (exact) mass is 222 g/mol. The first-order valence-corrected chi connectivity index (χ1v) is 5.44. The van der Waals surface area contributed by atoms with Crippen LogP contribution < -0.4 is 0 Å². The highest BCUT2D eigenvalue weighted by atomic mass is 35.5. The normalized spacial score (nSPS) is 16.2. The smallest absolute Gasteiger partial charge is 0.216 e. The van der Waals surface area contributed by atoms with Crippen molar-refractivity contribution >= 4 is 17.4 Å². The Balaban J connectivity index is 2.29. The van der Waals surface area contributed by atoms with Gasteiger partial charge in [-0.15, -0.1) is 5.10 Å². The van der Waals surface area contributed by atoms with Gasteiger partial charge in [0.2, 0.25) is 0 Å². The van der Waals surface area contributed by atoms with Crippen molar-refractivity contribution in [2.45, 2.75) is 32.6 Å². The Morgan fingerprint density at radius 3 is 2.67 bits per heavy atom. The van der Waals surface area contributed by atoms with Crippen LogP contribution in [0, 0.1) is 13.8 Å². The van der Waals surface area contributed by atoms with Crippen molar-refractivity contribution in [2.75, 3.05) is 0 Å². The Bertz CT molecular complexity index is 542. The first-order chi connectivity index (χ1) is 7.16. The minimum Gasteiger partial charge on any atom is -0.216 e. The molecule has 4 nitrogen and oxygen atoms in total. The summed E-state index contributed by atoms with van der Waals surface area (Å²) in [6.45, 7) is 3.88.